The Morgan fingerprint density at radius 3 is 2.31 bits per heavy atom. The zero-order chi connectivity index (χ0) is 24.6. The topological polar surface area (TPSA) is 108 Å². The van der Waals surface area contributed by atoms with Crippen LogP contribution in [0.25, 0.3) is 0 Å². The fourth-order valence-electron chi connectivity index (χ4n) is 5.51. The molecule has 2 aliphatic heterocycles. The van der Waals surface area contributed by atoms with Crippen molar-refractivity contribution in [1.82, 2.24) is 20.0 Å². The lowest BCUT2D eigenvalue weighted by atomic mass is 9.95. The van der Waals surface area contributed by atoms with Crippen molar-refractivity contribution in [3.8, 4) is 0 Å². The van der Waals surface area contributed by atoms with Gasteiger partial charge in [0.05, 0.1) is 24.2 Å². The van der Waals surface area contributed by atoms with Gasteiger partial charge in [-0.1, -0.05) is 12.8 Å². The molecule has 4 rings (SSSR count). The van der Waals surface area contributed by atoms with Gasteiger partial charge in [-0.3, -0.25) is 29.5 Å². The first-order chi connectivity index (χ1) is 17.0. The van der Waals surface area contributed by atoms with Gasteiger partial charge in [0.25, 0.3) is 11.6 Å². The second-order valence-corrected chi connectivity index (χ2v) is 9.72. The predicted molar refractivity (Wildman–Crippen MR) is 131 cm³/mol. The number of nitro benzene ring substituents is 1. The van der Waals surface area contributed by atoms with E-state index in [-0.39, 0.29) is 23.5 Å². The molecule has 0 bridgehead atoms. The monoisotopic (exact) mass is 487 g/mol. The number of rotatable bonds is 9. The fourth-order valence-corrected chi connectivity index (χ4v) is 5.51. The van der Waals surface area contributed by atoms with Gasteiger partial charge in [0.15, 0.2) is 0 Å². The number of benzene rings is 1. The average Bonchev–Trinajstić information content (AvgIpc) is 3.42. The summed E-state index contributed by atoms with van der Waals surface area (Å²) in [5.74, 6) is 0.365. The van der Waals surface area contributed by atoms with E-state index < -0.39 is 4.92 Å². The van der Waals surface area contributed by atoms with Gasteiger partial charge in [0.1, 0.15) is 0 Å². The molecule has 3 aliphatic rings. The number of amides is 2. The van der Waals surface area contributed by atoms with E-state index in [2.05, 4.69) is 15.1 Å². The first-order valence-electron chi connectivity index (χ1n) is 12.9. The van der Waals surface area contributed by atoms with E-state index in [1.807, 2.05) is 0 Å². The lowest BCUT2D eigenvalue weighted by molar-refractivity contribution is -0.384. The van der Waals surface area contributed by atoms with E-state index in [0.29, 0.717) is 44.2 Å². The third-order valence-corrected chi connectivity index (χ3v) is 7.49. The summed E-state index contributed by atoms with van der Waals surface area (Å²) in [6.07, 6.45) is 5.43. The van der Waals surface area contributed by atoms with Crippen molar-refractivity contribution in [1.29, 1.82) is 0 Å². The Labute approximate surface area is 206 Å². The number of morpholine rings is 1. The number of nitrogens with zero attached hydrogens (tertiary/aromatic N) is 4. The Hall–Kier alpha value is -2.56. The third-order valence-electron chi connectivity index (χ3n) is 7.49. The number of hydrogen-bond acceptors (Lipinski definition) is 7. The van der Waals surface area contributed by atoms with Crippen LogP contribution in [0.2, 0.25) is 0 Å². The maximum Gasteiger partial charge on any atom is 0.269 e. The molecule has 0 radical (unpaired) electrons. The molecule has 35 heavy (non-hydrogen) atoms. The number of hydrogen-bond donors (Lipinski definition) is 1. The molecule has 1 unspecified atom stereocenters. The van der Waals surface area contributed by atoms with Gasteiger partial charge in [-0.15, -0.1) is 0 Å². The Bertz CT molecular complexity index is 860. The number of nitro groups is 1. The van der Waals surface area contributed by atoms with Gasteiger partial charge in [0.2, 0.25) is 5.91 Å². The van der Waals surface area contributed by atoms with E-state index in [9.17, 15) is 19.7 Å². The Balaban J connectivity index is 1.28. The van der Waals surface area contributed by atoms with Crippen LogP contribution in [-0.4, -0.2) is 103 Å². The van der Waals surface area contributed by atoms with Crippen molar-refractivity contribution < 1.29 is 19.2 Å². The van der Waals surface area contributed by atoms with E-state index in [1.54, 1.807) is 4.90 Å². The standard InChI is InChI=1S/C25H37N5O5/c31-24(26-10-3-11-27-16-18-35-19-17-27)23(20-4-1-2-5-20)28-12-14-29(15-13-28)25(32)21-6-8-22(9-7-21)30(33)34/h6-9,20,23H,1-5,10-19H2,(H,26,31). The highest BCUT2D eigenvalue weighted by molar-refractivity contribution is 5.94. The van der Waals surface area contributed by atoms with Crippen molar-refractivity contribution >= 4 is 17.5 Å². The van der Waals surface area contributed by atoms with Gasteiger partial charge in [0, 0.05) is 63.5 Å². The van der Waals surface area contributed by atoms with Crippen molar-refractivity contribution in [3.05, 3.63) is 39.9 Å². The molecule has 0 aromatic heterocycles. The fraction of sp³-hybridized carbons (Fsp3) is 0.680. The smallest absolute Gasteiger partial charge is 0.269 e. The minimum Gasteiger partial charge on any atom is -0.379 e. The normalized spacial score (nSPS) is 21.1. The zero-order valence-electron chi connectivity index (χ0n) is 20.4. The van der Waals surface area contributed by atoms with E-state index in [0.717, 1.165) is 52.1 Å². The lowest BCUT2D eigenvalue weighted by Crippen LogP contribution is -2.58. The highest BCUT2D eigenvalue weighted by atomic mass is 16.6. The summed E-state index contributed by atoms with van der Waals surface area (Å²) < 4.78 is 5.39. The molecule has 10 heteroatoms. The number of ether oxygens (including phenoxy) is 1. The number of nitrogens with one attached hydrogen (secondary N) is 1. The molecule has 2 heterocycles. The average molecular weight is 488 g/mol. The van der Waals surface area contributed by atoms with Crippen molar-refractivity contribution in [2.24, 2.45) is 5.92 Å². The van der Waals surface area contributed by atoms with Crippen LogP contribution in [0.1, 0.15) is 42.5 Å². The molecule has 1 aromatic rings. The van der Waals surface area contributed by atoms with E-state index in [4.69, 9.17) is 4.74 Å². The predicted octanol–water partition coefficient (Wildman–Crippen LogP) is 1.75. The molecule has 1 saturated carbocycles. The zero-order valence-corrected chi connectivity index (χ0v) is 20.4. The molecule has 1 aliphatic carbocycles. The molecule has 10 nitrogen and oxygen atoms in total. The largest absolute Gasteiger partial charge is 0.379 e. The molecule has 192 valence electrons. The summed E-state index contributed by atoms with van der Waals surface area (Å²) in [4.78, 5) is 43.0. The Kier molecular flexibility index (Phi) is 9.06. The van der Waals surface area contributed by atoms with Crippen LogP contribution in [-0.2, 0) is 9.53 Å². The maximum atomic E-state index is 13.3. The molecular weight excluding hydrogens is 450 g/mol. The van der Waals surface area contributed by atoms with Gasteiger partial charge < -0.3 is 15.0 Å². The summed E-state index contributed by atoms with van der Waals surface area (Å²) in [7, 11) is 0. The molecule has 1 aromatic carbocycles. The molecular formula is C25H37N5O5. The van der Waals surface area contributed by atoms with Gasteiger partial charge in [-0.25, -0.2) is 0 Å². The summed E-state index contributed by atoms with van der Waals surface area (Å²) in [6, 6.07) is 5.61. The van der Waals surface area contributed by atoms with Crippen molar-refractivity contribution in [2.45, 2.75) is 38.1 Å². The number of carbonyl (C=O) groups excluding carboxylic acids is 2. The van der Waals surface area contributed by atoms with Gasteiger partial charge in [-0.05, 0) is 43.9 Å². The summed E-state index contributed by atoms with van der Waals surface area (Å²) >= 11 is 0. The molecule has 2 saturated heterocycles. The van der Waals surface area contributed by atoms with Crippen molar-refractivity contribution in [2.75, 3.05) is 65.6 Å². The van der Waals surface area contributed by atoms with Crippen LogP contribution in [0, 0.1) is 16.0 Å². The summed E-state index contributed by atoms with van der Waals surface area (Å²) in [5.41, 5.74) is 0.427. The molecule has 0 spiro atoms. The highest BCUT2D eigenvalue weighted by Crippen LogP contribution is 2.31. The second kappa shape index (κ2) is 12.4. The lowest BCUT2D eigenvalue weighted by Gasteiger charge is -2.40. The molecule has 2 amide bonds. The van der Waals surface area contributed by atoms with Crippen LogP contribution < -0.4 is 5.32 Å². The summed E-state index contributed by atoms with van der Waals surface area (Å²) in [6.45, 7) is 7.54. The first kappa shape index (κ1) is 25.5. The molecule has 1 N–H and O–H groups in total. The SMILES string of the molecule is O=C(NCCCN1CCOCC1)C(C1CCCC1)N1CCN(C(=O)c2ccc([N+](=O)[O-])cc2)CC1. The summed E-state index contributed by atoms with van der Waals surface area (Å²) in [5, 5.41) is 14.1. The maximum absolute atomic E-state index is 13.3. The van der Waals surface area contributed by atoms with Gasteiger partial charge >= 0.3 is 0 Å². The van der Waals surface area contributed by atoms with Crippen LogP contribution in [0.15, 0.2) is 24.3 Å². The molecule has 3 fully saturated rings. The van der Waals surface area contributed by atoms with Crippen LogP contribution in [0.3, 0.4) is 0 Å². The van der Waals surface area contributed by atoms with Crippen LogP contribution in [0.5, 0.6) is 0 Å². The number of piperazine rings is 1. The number of carbonyl (C=O) groups is 2. The van der Waals surface area contributed by atoms with Crippen LogP contribution in [0.4, 0.5) is 5.69 Å². The van der Waals surface area contributed by atoms with Gasteiger partial charge in [-0.2, -0.15) is 0 Å². The first-order valence-corrected chi connectivity index (χ1v) is 12.9. The second-order valence-electron chi connectivity index (χ2n) is 9.72. The van der Waals surface area contributed by atoms with E-state index in [1.165, 1.54) is 37.1 Å². The van der Waals surface area contributed by atoms with E-state index >= 15 is 0 Å². The quantitative estimate of drug-likeness (QED) is 0.321. The number of non-ortho nitro benzene ring substituents is 1. The minimum absolute atomic E-state index is 0.0262. The third kappa shape index (κ3) is 6.77. The minimum atomic E-state index is -0.468. The van der Waals surface area contributed by atoms with Crippen molar-refractivity contribution in [3.63, 3.8) is 0 Å². The Morgan fingerprint density at radius 2 is 1.69 bits per heavy atom. The highest BCUT2D eigenvalue weighted by Gasteiger charge is 2.37. The van der Waals surface area contributed by atoms with Crippen LogP contribution >= 0.6 is 0 Å². The molecule has 1 atom stereocenters. The Morgan fingerprint density at radius 1 is 1.03 bits per heavy atom.